The number of hydrogen-bond donors (Lipinski definition) is 1. The maximum Gasteiger partial charge on any atom is 0.129 e. The number of aliphatic hydroxyl groups excluding tert-OH is 1. The summed E-state index contributed by atoms with van der Waals surface area (Å²) in [5, 5.41) is 9.89. The molecule has 80 valence electrons. The van der Waals surface area contributed by atoms with Crippen LogP contribution < -0.4 is 0 Å². The molecule has 1 N–H and O–H groups in total. The van der Waals surface area contributed by atoms with E-state index in [1.807, 2.05) is 0 Å². The fourth-order valence-corrected chi connectivity index (χ4v) is 2.44. The Balaban J connectivity index is 2.46. The second-order valence-corrected chi connectivity index (χ2v) is 10.1. The Hall–Kier alpha value is -0.263. The van der Waals surface area contributed by atoms with Crippen LogP contribution in [-0.2, 0) is 0 Å². The van der Waals surface area contributed by atoms with Gasteiger partial charge in [0.25, 0.3) is 0 Å². The van der Waals surface area contributed by atoms with Crippen LogP contribution in [0.5, 0.6) is 0 Å². The van der Waals surface area contributed by atoms with Gasteiger partial charge in [-0.05, 0) is 18.8 Å². The van der Waals surface area contributed by atoms with Crippen LogP contribution in [0.1, 0.15) is 32.1 Å². The van der Waals surface area contributed by atoms with Crippen LogP contribution in [-0.4, -0.2) is 19.3 Å². The summed E-state index contributed by atoms with van der Waals surface area (Å²) in [5.41, 5.74) is 3.26. The van der Waals surface area contributed by atoms with Crippen LogP contribution in [0.25, 0.3) is 0 Å². The summed E-state index contributed by atoms with van der Waals surface area (Å²) in [6.07, 6.45) is 5.86. The molecule has 1 aliphatic rings. The normalized spacial score (nSPS) is 21.1. The van der Waals surface area contributed by atoms with E-state index in [1.165, 1.54) is 32.1 Å². The molecule has 0 amide bonds. The molecule has 0 aromatic heterocycles. The van der Waals surface area contributed by atoms with E-state index >= 15 is 0 Å². The van der Waals surface area contributed by atoms with E-state index in [4.69, 9.17) is 0 Å². The van der Waals surface area contributed by atoms with Gasteiger partial charge in [-0.15, -0.1) is 5.54 Å². The molecular formula is C12H22OSi. The lowest BCUT2D eigenvalue weighted by Crippen LogP contribution is -2.23. The molecule has 0 aliphatic heterocycles. The van der Waals surface area contributed by atoms with Crippen LogP contribution in [0.4, 0.5) is 0 Å². The first kappa shape index (κ1) is 11.8. The second-order valence-electron chi connectivity index (χ2n) is 5.36. The predicted octanol–water partition coefficient (Wildman–Crippen LogP) is 2.81. The molecule has 0 aromatic carbocycles. The van der Waals surface area contributed by atoms with Crippen molar-refractivity contribution in [3.05, 3.63) is 0 Å². The standard InChI is InChI=1S/C12H22OSi/c1-14(2,3)10-9-12(13)11-7-5-4-6-8-11/h11-13H,4-8H2,1-3H3. The van der Waals surface area contributed by atoms with E-state index in [0.717, 1.165) is 0 Å². The highest BCUT2D eigenvalue weighted by atomic mass is 28.3. The quantitative estimate of drug-likeness (QED) is 0.521. The Labute approximate surface area is 88.9 Å². The lowest BCUT2D eigenvalue weighted by atomic mass is 9.85. The van der Waals surface area contributed by atoms with Gasteiger partial charge in [0, 0.05) is 0 Å². The average Bonchev–Trinajstić information content (AvgIpc) is 2.14. The van der Waals surface area contributed by atoms with Gasteiger partial charge in [-0.3, -0.25) is 0 Å². The van der Waals surface area contributed by atoms with Gasteiger partial charge in [-0.1, -0.05) is 44.8 Å². The van der Waals surface area contributed by atoms with Crippen molar-refractivity contribution in [2.24, 2.45) is 5.92 Å². The van der Waals surface area contributed by atoms with Crippen LogP contribution in [0.3, 0.4) is 0 Å². The van der Waals surface area contributed by atoms with E-state index in [-0.39, 0.29) is 6.10 Å². The maximum absolute atomic E-state index is 9.89. The molecule has 0 spiro atoms. The van der Waals surface area contributed by atoms with Crippen molar-refractivity contribution in [2.45, 2.75) is 57.8 Å². The van der Waals surface area contributed by atoms with Crippen LogP contribution in [0.15, 0.2) is 0 Å². The zero-order valence-electron chi connectivity index (χ0n) is 9.64. The fraction of sp³-hybridized carbons (Fsp3) is 0.833. The Bertz CT molecular complexity index is 225. The van der Waals surface area contributed by atoms with E-state index in [9.17, 15) is 5.11 Å². The van der Waals surface area contributed by atoms with E-state index in [0.29, 0.717) is 5.92 Å². The van der Waals surface area contributed by atoms with Gasteiger partial charge < -0.3 is 5.11 Å². The molecule has 1 nitrogen and oxygen atoms in total. The van der Waals surface area contributed by atoms with Crippen molar-refractivity contribution in [3.8, 4) is 11.5 Å². The summed E-state index contributed by atoms with van der Waals surface area (Å²) in [6, 6.07) is 0. The van der Waals surface area contributed by atoms with E-state index < -0.39 is 8.07 Å². The zero-order chi connectivity index (χ0) is 10.6. The van der Waals surface area contributed by atoms with Crippen LogP contribution in [0.2, 0.25) is 19.6 Å². The third-order valence-corrected chi connectivity index (χ3v) is 3.59. The Morgan fingerprint density at radius 1 is 1.14 bits per heavy atom. The first-order chi connectivity index (χ1) is 6.49. The Kier molecular flexibility index (Phi) is 4.22. The molecule has 14 heavy (non-hydrogen) atoms. The van der Waals surface area contributed by atoms with Gasteiger partial charge in [0.05, 0.1) is 0 Å². The highest BCUT2D eigenvalue weighted by Crippen LogP contribution is 2.26. The average molecular weight is 210 g/mol. The molecule has 0 aromatic rings. The zero-order valence-corrected chi connectivity index (χ0v) is 10.6. The fourth-order valence-electron chi connectivity index (χ4n) is 1.86. The topological polar surface area (TPSA) is 20.2 Å². The monoisotopic (exact) mass is 210 g/mol. The second kappa shape index (κ2) is 5.00. The molecule has 0 bridgehead atoms. The van der Waals surface area contributed by atoms with E-state index in [2.05, 4.69) is 31.1 Å². The SMILES string of the molecule is C[Si](C)(C)C#CC(O)C1CCCCC1. The first-order valence-electron chi connectivity index (χ1n) is 5.70. The maximum atomic E-state index is 9.89. The predicted molar refractivity (Wildman–Crippen MR) is 63.7 cm³/mol. The third kappa shape index (κ3) is 4.30. The Morgan fingerprint density at radius 2 is 1.71 bits per heavy atom. The molecule has 1 saturated carbocycles. The summed E-state index contributed by atoms with van der Waals surface area (Å²) in [7, 11) is -1.30. The van der Waals surface area contributed by atoms with Crippen molar-refractivity contribution < 1.29 is 5.11 Å². The van der Waals surface area contributed by atoms with E-state index in [1.54, 1.807) is 0 Å². The largest absolute Gasteiger partial charge is 0.380 e. The van der Waals surface area contributed by atoms with Crippen molar-refractivity contribution in [2.75, 3.05) is 0 Å². The molecule has 2 heteroatoms. The lowest BCUT2D eigenvalue weighted by Gasteiger charge is -2.23. The van der Waals surface area contributed by atoms with Crippen molar-refractivity contribution >= 4 is 8.07 Å². The molecule has 0 saturated heterocycles. The summed E-state index contributed by atoms with van der Waals surface area (Å²) in [6.45, 7) is 6.65. The summed E-state index contributed by atoms with van der Waals surface area (Å²) in [4.78, 5) is 0. The van der Waals surface area contributed by atoms with Crippen molar-refractivity contribution in [1.29, 1.82) is 0 Å². The van der Waals surface area contributed by atoms with Gasteiger partial charge in [0.15, 0.2) is 0 Å². The molecule has 1 rings (SSSR count). The smallest absolute Gasteiger partial charge is 0.129 e. The third-order valence-electron chi connectivity index (χ3n) is 2.69. The van der Waals surface area contributed by atoms with Gasteiger partial charge in [0.1, 0.15) is 14.2 Å². The molecule has 0 heterocycles. The molecule has 1 fully saturated rings. The molecule has 1 atom stereocenters. The number of rotatable bonds is 1. The van der Waals surface area contributed by atoms with Gasteiger partial charge in [-0.2, -0.15) is 0 Å². The van der Waals surface area contributed by atoms with Crippen LogP contribution >= 0.6 is 0 Å². The molecule has 1 unspecified atom stereocenters. The highest BCUT2D eigenvalue weighted by Gasteiger charge is 2.20. The summed E-state index contributed by atoms with van der Waals surface area (Å²) < 4.78 is 0. The molecule has 0 radical (unpaired) electrons. The Morgan fingerprint density at radius 3 is 2.21 bits per heavy atom. The minimum absolute atomic E-state index is 0.359. The molecule has 1 aliphatic carbocycles. The van der Waals surface area contributed by atoms with Gasteiger partial charge >= 0.3 is 0 Å². The molecular weight excluding hydrogens is 188 g/mol. The van der Waals surface area contributed by atoms with Crippen molar-refractivity contribution in [3.63, 3.8) is 0 Å². The lowest BCUT2D eigenvalue weighted by molar-refractivity contribution is 0.133. The van der Waals surface area contributed by atoms with Gasteiger partial charge in [-0.25, -0.2) is 0 Å². The number of hydrogen-bond acceptors (Lipinski definition) is 1. The van der Waals surface area contributed by atoms with Gasteiger partial charge in [0.2, 0.25) is 0 Å². The summed E-state index contributed by atoms with van der Waals surface area (Å²) in [5.74, 6) is 3.51. The minimum atomic E-state index is -1.30. The van der Waals surface area contributed by atoms with Crippen LogP contribution in [0, 0.1) is 17.4 Å². The first-order valence-corrected chi connectivity index (χ1v) is 9.20. The number of aliphatic hydroxyl groups is 1. The minimum Gasteiger partial charge on any atom is -0.380 e. The highest BCUT2D eigenvalue weighted by molar-refractivity contribution is 6.83. The van der Waals surface area contributed by atoms with Crippen molar-refractivity contribution in [1.82, 2.24) is 0 Å². The summed E-state index contributed by atoms with van der Waals surface area (Å²) >= 11 is 0.